The fourth-order valence-electron chi connectivity index (χ4n) is 2.98. The topological polar surface area (TPSA) is 71.8 Å². The summed E-state index contributed by atoms with van der Waals surface area (Å²) in [5, 5.41) is 9.61. The lowest BCUT2D eigenvalue weighted by atomic mass is 10.1. The molecule has 0 unspecified atom stereocenters. The van der Waals surface area contributed by atoms with E-state index in [2.05, 4.69) is 22.1 Å². The number of aromatic nitrogens is 3. The van der Waals surface area contributed by atoms with Gasteiger partial charge < -0.3 is 9.40 Å². The number of Topliss-reactive ketones (excluding diaryl/α,β-unsaturated/α-hetero) is 1. The Morgan fingerprint density at radius 1 is 1.11 bits per heavy atom. The number of para-hydroxylation sites is 1. The van der Waals surface area contributed by atoms with Crippen LogP contribution in [-0.4, -0.2) is 26.7 Å². The third-order valence-electron chi connectivity index (χ3n) is 4.37. The average Bonchev–Trinajstić information content (AvgIpc) is 3.33. The molecule has 0 spiro atoms. The van der Waals surface area contributed by atoms with Crippen molar-refractivity contribution in [2.24, 2.45) is 0 Å². The standard InChI is InChI=1S/C21H19N3O2S/c1-2-5-14-8-10-15(11-9-14)19(25)13-27-21-24-23-20(26-21)17-12-22-18-7-4-3-6-16(17)18/h3-4,6-12,22H,2,5,13H2,1H3. The quantitative estimate of drug-likeness (QED) is 0.356. The average molecular weight is 377 g/mol. The Morgan fingerprint density at radius 3 is 2.74 bits per heavy atom. The number of rotatable bonds is 7. The zero-order valence-electron chi connectivity index (χ0n) is 14.9. The minimum atomic E-state index is 0.0508. The molecule has 0 bridgehead atoms. The number of hydrogen-bond acceptors (Lipinski definition) is 5. The number of H-pyrrole nitrogens is 1. The highest BCUT2D eigenvalue weighted by Gasteiger charge is 2.15. The van der Waals surface area contributed by atoms with E-state index in [0.717, 1.165) is 29.3 Å². The van der Waals surface area contributed by atoms with Gasteiger partial charge in [0.15, 0.2) is 5.78 Å². The highest BCUT2D eigenvalue weighted by Crippen LogP contribution is 2.29. The molecule has 6 heteroatoms. The predicted octanol–water partition coefficient (Wildman–Crippen LogP) is 5.15. The monoisotopic (exact) mass is 377 g/mol. The molecule has 0 aliphatic rings. The maximum atomic E-state index is 12.4. The lowest BCUT2D eigenvalue weighted by Crippen LogP contribution is -2.02. The Kier molecular flexibility index (Phi) is 5.07. The third kappa shape index (κ3) is 3.80. The maximum absolute atomic E-state index is 12.4. The first-order chi connectivity index (χ1) is 13.2. The first-order valence-electron chi connectivity index (χ1n) is 8.89. The molecular weight excluding hydrogens is 358 g/mol. The number of fused-ring (bicyclic) bond motifs is 1. The number of hydrogen-bond donors (Lipinski definition) is 1. The summed E-state index contributed by atoms with van der Waals surface area (Å²) in [5.74, 6) is 0.768. The molecule has 0 saturated carbocycles. The molecule has 1 N–H and O–H groups in total. The fraction of sp³-hybridized carbons (Fsp3) is 0.190. The molecule has 27 heavy (non-hydrogen) atoms. The van der Waals surface area contributed by atoms with E-state index in [-0.39, 0.29) is 11.5 Å². The second kappa shape index (κ2) is 7.80. The Morgan fingerprint density at radius 2 is 1.93 bits per heavy atom. The van der Waals surface area contributed by atoms with Gasteiger partial charge >= 0.3 is 0 Å². The molecule has 2 aromatic carbocycles. The lowest BCUT2D eigenvalue weighted by Gasteiger charge is -2.02. The van der Waals surface area contributed by atoms with Crippen LogP contribution in [0.2, 0.25) is 0 Å². The van der Waals surface area contributed by atoms with Gasteiger partial charge in [0.1, 0.15) is 0 Å². The van der Waals surface area contributed by atoms with Crippen molar-refractivity contribution in [1.29, 1.82) is 0 Å². The number of benzene rings is 2. The molecule has 4 rings (SSSR count). The summed E-state index contributed by atoms with van der Waals surface area (Å²) in [6, 6.07) is 15.7. The van der Waals surface area contributed by atoms with Crippen molar-refractivity contribution in [3.63, 3.8) is 0 Å². The number of ketones is 1. The first-order valence-corrected chi connectivity index (χ1v) is 9.88. The molecule has 0 radical (unpaired) electrons. The van der Waals surface area contributed by atoms with Gasteiger partial charge in [0.2, 0.25) is 0 Å². The maximum Gasteiger partial charge on any atom is 0.277 e. The first kappa shape index (κ1) is 17.5. The Bertz CT molecular complexity index is 1070. The third-order valence-corrected chi connectivity index (χ3v) is 5.19. The molecule has 4 aromatic rings. The molecule has 0 aliphatic carbocycles. The van der Waals surface area contributed by atoms with Crippen molar-refractivity contribution in [1.82, 2.24) is 15.2 Å². The molecule has 0 amide bonds. The van der Waals surface area contributed by atoms with E-state index < -0.39 is 0 Å². The van der Waals surface area contributed by atoms with Crippen molar-refractivity contribution >= 4 is 28.4 Å². The molecule has 0 fully saturated rings. The number of nitrogens with zero attached hydrogens (tertiary/aromatic N) is 2. The van der Waals surface area contributed by atoms with Crippen LogP contribution in [-0.2, 0) is 6.42 Å². The van der Waals surface area contributed by atoms with E-state index in [0.29, 0.717) is 16.7 Å². The fourth-order valence-corrected chi connectivity index (χ4v) is 3.64. The highest BCUT2D eigenvalue weighted by molar-refractivity contribution is 7.99. The van der Waals surface area contributed by atoms with E-state index in [4.69, 9.17) is 4.42 Å². The molecule has 0 atom stereocenters. The zero-order valence-corrected chi connectivity index (χ0v) is 15.8. The second-order valence-electron chi connectivity index (χ2n) is 6.28. The largest absolute Gasteiger partial charge is 0.411 e. The predicted molar refractivity (Wildman–Crippen MR) is 107 cm³/mol. The van der Waals surface area contributed by atoms with Crippen LogP contribution < -0.4 is 0 Å². The summed E-state index contributed by atoms with van der Waals surface area (Å²) < 4.78 is 5.74. The molecule has 2 aromatic heterocycles. The lowest BCUT2D eigenvalue weighted by molar-refractivity contribution is 0.102. The van der Waals surface area contributed by atoms with Crippen LogP contribution in [0.1, 0.15) is 29.3 Å². The van der Waals surface area contributed by atoms with Crippen LogP contribution in [0.3, 0.4) is 0 Å². The number of aryl methyl sites for hydroxylation is 1. The number of carbonyl (C=O) groups excluding carboxylic acids is 1. The molecule has 136 valence electrons. The van der Waals surface area contributed by atoms with Crippen molar-refractivity contribution in [3.8, 4) is 11.5 Å². The summed E-state index contributed by atoms with van der Waals surface area (Å²) in [4.78, 5) is 15.6. The van der Waals surface area contributed by atoms with Gasteiger partial charge in [-0.3, -0.25) is 4.79 Å². The number of nitrogens with one attached hydrogen (secondary N) is 1. The van der Waals surface area contributed by atoms with Crippen LogP contribution >= 0.6 is 11.8 Å². The van der Waals surface area contributed by atoms with Crippen LogP contribution in [0.5, 0.6) is 0 Å². The number of carbonyl (C=O) groups is 1. The SMILES string of the molecule is CCCc1ccc(C(=O)CSc2nnc(-c3c[nH]c4ccccc34)o2)cc1. The van der Waals surface area contributed by atoms with Gasteiger partial charge in [-0.1, -0.05) is 67.6 Å². The van der Waals surface area contributed by atoms with Crippen LogP contribution in [0.4, 0.5) is 0 Å². The normalized spacial score (nSPS) is 11.1. The van der Waals surface area contributed by atoms with E-state index in [9.17, 15) is 4.79 Å². The van der Waals surface area contributed by atoms with Crippen LogP contribution in [0.15, 0.2) is 64.4 Å². The number of aromatic amines is 1. The molecule has 5 nitrogen and oxygen atoms in total. The molecule has 0 aliphatic heterocycles. The minimum Gasteiger partial charge on any atom is -0.411 e. The van der Waals surface area contributed by atoms with Gasteiger partial charge in [0.25, 0.3) is 11.1 Å². The molecular formula is C21H19N3O2S. The Hall–Kier alpha value is -2.86. The van der Waals surface area contributed by atoms with Crippen molar-refractivity contribution < 1.29 is 9.21 Å². The summed E-state index contributed by atoms with van der Waals surface area (Å²) in [6.07, 6.45) is 3.98. The van der Waals surface area contributed by atoms with Gasteiger partial charge in [-0.15, -0.1) is 10.2 Å². The smallest absolute Gasteiger partial charge is 0.277 e. The Balaban J connectivity index is 1.43. The summed E-state index contributed by atoms with van der Waals surface area (Å²) in [6.45, 7) is 2.14. The van der Waals surface area contributed by atoms with Crippen LogP contribution in [0, 0.1) is 0 Å². The van der Waals surface area contributed by atoms with Crippen LogP contribution in [0.25, 0.3) is 22.4 Å². The second-order valence-corrected chi connectivity index (χ2v) is 7.21. The van der Waals surface area contributed by atoms with E-state index in [1.54, 1.807) is 0 Å². The van der Waals surface area contributed by atoms with Gasteiger partial charge in [-0.25, -0.2) is 0 Å². The van der Waals surface area contributed by atoms with E-state index >= 15 is 0 Å². The van der Waals surface area contributed by atoms with Gasteiger partial charge in [0.05, 0.1) is 11.3 Å². The summed E-state index contributed by atoms with van der Waals surface area (Å²) in [5.41, 5.74) is 3.84. The van der Waals surface area contributed by atoms with Crippen molar-refractivity contribution in [2.75, 3.05) is 5.75 Å². The molecule has 0 saturated heterocycles. The molecule has 2 heterocycles. The van der Waals surface area contributed by atoms with E-state index in [1.165, 1.54) is 17.3 Å². The zero-order chi connectivity index (χ0) is 18.6. The Labute approximate surface area is 161 Å². The number of thioether (sulfide) groups is 1. The van der Waals surface area contributed by atoms with Gasteiger partial charge in [-0.05, 0) is 18.1 Å². The van der Waals surface area contributed by atoms with E-state index in [1.807, 2.05) is 54.7 Å². The highest BCUT2D eigenvalue weighted by atomic mass is 32.2. The van der Waals surface area contributed by atoms with Gasteiger partial charge in [0, 0.05) is 22.7 Å². The van der Waals surface area contributed by atoms with Crippen molar-refractivity contribution in [2.45, 2.75) is 25.0 Å². The summed E-state index contributed by atoms with van der Waals surface area (Å²) >= 11 is 1.26. The van der Waals surface area contributed by atoms with Gasteiger partial charge in [-0.2, -0.15) is 0 Å². The summed E-state index contributed by atoms with van der Waals surface area (Å²) in [7, 11) is 0. The van der Waals surface area contributed by atoms with Crippen molar-refractivity contribution in [3.05, 3.63) is 65.9 Å². The minimum absolute atomic E-state index is 0.0508.